The van der Waals surface area contributed by atoms with Crippen LogP contribution in [0.5, 0.6) is 5.75 Å². The van der Waals surface area contributed by atoms with Crippen LogP contribution in [0.15, 0.2) is 48.8 Å². The van der Waals surface area contributed by atoms with Gasteiger partial charge in [0, 0.05) is 30.8 Å². The topological polar surface area (TPSA) is 112 Å². The van der Waals surface area contributed by atoms with E-state index >= 15 is 0 Å². The fourth-order valence-corrected chi connectivity index (χ4v) is 4.92. The highest BCUT2D eigenvalue weighted by atomic mass is 16.5. The highest BCUT2D eigenvalue weighted by molar-refractivity contribution is 5.89. The molecule has 2 fully saturated rings. The van der Waals surface area contributed by atoms with Crippen LogP contribution in [0.4, 0.5) is 0 Å². The standard InChI is InChI=1S/C28H29N7O2/c29-16-22-15-21(5-6-24(22)37-23-7-9-30-10-8-23)25-26-28(32-18-31-25)34-27(33-26)20-3-1-19(2-4-20)17-35-11-13-36-14-12-35/h1-6,15,18,23,30H,7-14,17H2,(H,31,32,33,34). The quantitative estimate of drug-likeness (QED) is 0.418. The number of rotatable bonds is 6. The van der Waals surface area contributed by atoms with E-state index in [1.165, 1.54) is 11.9 Å². The summed E-state index contributed by atoms with van der Waals surface area (Å²) >= 11 is 0. The smallest absolute Gasteiger partial charge is 0.161 e. The number of nitriles is 1. The maximum absolute atomic E-state index is 9.81. The first-order chi connectivity index (χ1) is 18.3. The molecule has 0 unspecified atom stereocenters. The molecule has 37 heavy (non-hydrogen) atoms. The Balaban J connectivity index is 1.25. The van der Waals surface area contributed by atoms with Gasteiger partial charge in [-0.15, -0.1) is 0 Å². The normalized spacial score (nSPS) is 17.1. The van der Waals surface area contributed by atoms with Gasteiger partial charge in [0.25, 0.3) is 0 Å². The number of fused-ring (bicyclic) bond motifs is 1. The number of aromatic nitrogens is 4. The van der Waals surface area contributed by atoms with Gasteiger partial charge in [-0.1, -0.05) is 24.3 Å². The number of imidazole rings is 1. The molecule has 0 spiro atoms. The zero-order valence-corrected chi connectivity index (χ0v) is 20.6. The highest BCUT2D eigenvalue weighted by Crippen LogP contribution is 2.31. The summed E-state index contributed by atoms with van der Waals surface area (Å²) in [6.45, 7) is 6.30. The molecular weight excluding hydrogens is 466 g/mol. The molecule has 0 aliphatic carbocycles. The first-order valence-electron chi connectivity index (χ1n) is 12.8. The zero-order chi connectivity index (χ0) is 25.0. The molecule has 2 aromatic heterocycles. The van der Waals surface area contributed by atoms with Gasteiger partial charge in [0.15, 0.2) is 5.65 Å². The lowest BCUT2D eigenvalue weighted by molar-refractivity contribution is 0.0342. The molecule has 2 aliphatic heterocycles. The van der Waals surface area contributed by atoms with E-state index in [0.29, 0.717) is 28.2 Å². The summed E-state index contributed by atoms with van der Waals surface area (Å²) in [5, 5.41) is 13.1. The highest BCUT2D eigenvalue weighted by Gasteiger charge is 2.19. The van der Waals surface area contributed by atoms with E-state index < -0.39 is 0 Å². The number of H-pyrrole nitrogens is 1. The summed E-state index contributed by atoms with van der Waals surface area (Å²) in [5.41, 5.74) is 5.56. The fraction of sp³-hybridized carbons (Fsp3) is 0.357. The van der Waals surface area contributed by atoms with Crippen molar-refractivity contribution >= 4 is 11.2 Å². The van der Waals surface area contributed by atoms with Gasteiger partial charge in [0.05, 0.1) is 18.8 Å². The molecule has 0 atom stereocenters. The van der Waals surface area contributed by atoms with Crippen LogP contribution in [-0.4, -0.2) is 70.3 Å². The van der Waals surface area contributed by atoms with Gasteiger partial charge >= 0.3 is 0 Å². The van der Waals surface area contributed by atoms with Crippen molar-refractivity contribution in [1.29, 1.82) is 5.26 Å². The molecule has 4 aromatic rings. The third-order valence-electron chi connectivity index (χ3n) is 6.97. The lowest BCUT2D eigenvalue weighted by Gasteiger charge is -2.26. The van der Waals surface area contributed by atoms with E-state index in [9.17, 15) is 5.26 Å². The monoisotopic (exact) mass is 495 g/mol. The predicted molar refractivity (Wildman–Crippen MR) is 140 cm³/mol. The zero-order valence-electron chi connectivity index (χ0n) is 20.6. The van der Waals surface area contributed by atoms with Gasteiger partial charge in [0.2, 0.25) is 0 Å². The van der Waals surface area contributed by atoms with Crippen LogP contribution in [0.25, 0.3) is 33.8 Å². The minimum atomic E-state index is 0.124. The Morgan fingerprint density at radius 2 is 1.81 bits per heavy atom. The third kappa shape index (κ3) is 5.18. The van der Waals surface area contributed by atoms with Crippen molar-refractivity contribution in [2.75, 3.05) is 39.4 Å². The maximum atomic E-state index is 9.81. The van der Waals surface area contributed by atoms with Crippen LogP contribution in [0.1, 0.15) is 24.0 Å². The fourth-order valence-electron chi connectivity index (χ4n) is 4.92. The van der Waals surface area contributed by atoms with Crippen molar-refractivity contribution in [3.8, 4) is 34.5 Å². The molecule has 2 N–H and O–H groups in total. The lowest BCUT2D eigenvalue weighted by Crippen LogP contribution is -2.35. The van der Waals surface area contributed by atoms with Crippen molar-refractivity contribution in [3.63, 3.8) is 0 Å². The van der Waals surface area contributed by atoms with Gasteiger partial charge in [-0.3, -0.25) is 4.90 Å². The summed E-state index contributed by atoms with van der Waals surface area (Å²) in [6, 6.07) is 16.4. The van der Waals surface area contributed by atoms with E-state index in [4.69, 9.17) is 14.5 Å². The predicted octanol–water partition coefficient (Wildman–Crippen LogP) is 3.52. The molecule has 2 saturated heterocycles. The van der Waals surface area contributed by atoms with E-state index in [1.807, 2.05) is 18.2 Å². The Hall–Kier alpha value is -3.84. The van der Waals surface area contributed by atoms with E-state index in [-0.39, 0.29) is 6.10 Å². The first kappa shape index (κ1) is 23.6. The van der Waals surface area contributed by atoms with Gasteiger partial charge < -0.3 is 19.8 Å². The van der Waals surface area contributed by atoms with Gasteiger partial charge in [-0.2, -0.15) is 5.26 Å². The number of piperidine rings is 1. The Labute approximate surface area is 215 Å². The van der Waals surface area contributed by atoms with Crippen LogP contribution in [-0.2, 0) is 11.3 Å². The van der Waals surface area contributed by atoms with Crippen LogP contribution >= 0.6 is 0 Å². The summed E-state index contributed by atoms with van der Waals surface area (Å²) in [5.74, 6) is 1.35. The minimum absolute atomic E-state index is 0.124. The number of morpholine rings is 1. The SMILES string of the molecule is N#Cc1cc(-c2ncnc3[nH]c(-c4ccc(CN5CCOCC5)cc4)nc23)ccc1OC1CCNCC1. The van der Waals surface area contributed by atoms with Gasteiger partial charge in [-0.05, 0) is 49.7 Å². The van der Waals surface area contributed by atoms with E-state index in [2.05, 4.69) is 55.5 Å². The molecule has 0 bridgehead atoms. The second kappa shape index (κ2) is 10.6. The number of nitrogens with zero attached hydrogens (tertiary/aromatic N) is 5. The minimum Gasteiger partial charge on any atom is -0.489 e. The van der Waals surface area contributed by atoms with Crippen LogP contribution in [0, 0.1) is 11.3 Å². The van der Waals surface area contributed by atoms with Crippen molar-refractivity contribution in [1.82, 2.24) is 30.2 Å². The number of nitrogens with one attached hydrogen (secondary N) is 2. The Morgan fingerprint density at radius 3 is 2.59 bits per heavy atom. The summed E-state index contributed by atoms with van der Waals surface area (Å²) in [7, 11) is 0. The third-order valence-corrected chi connectivity index (χ3v) is 6.97. The summed E-state index contributed by atoms with van der Waals surface area (Å²) in [4.78, 5) is 19.5. The lowest BCUT2D eigenvalue weighted by atomic mass is 10.1. The summed E-state index contributed by atoms with van der Waals surface area (Å²) in [6.07, 6.45) is 3.52. The largest absolute Gasteiger partial charge is 0.489 e. The second-order valence-electron chi connectivity index (χ2n) is 9.48. The van der Waals surface area contributed by atoms with Crippen molar-refractivity contribution in [3.05, 3.63) is 59.9 Å². The molecule has 188 valence electrons. The second-order valence-corrected chi connectivity index (χ2v) is 9.48. The molecule has 0 radical (unpaired) electrons. The number of benzene rings is 2. The number of ether oxygens (including phenoxy) is 2. The van der Waals surface area contributed by atoms with Crippen molar-refractivity contribution < 1.29 is 9.47 Å². The molecule has 0 saturated carbocycles. The number of aromatic amines is 1. The average Bonchev–Trinajstić information content (AvgIpc) is 3.39. The molecule has 2 aliphatic rings. The molecule has 6 rings (SSSR count). The number of hydrogen-bond acceptors (Lipinski definition) is 8. The van der Waals surface area contributed by atoms with E-state index in [1.54, 1.807) is 0 Å². The molecule has 4 heterocycles. The number of hydrogen-bond donors (Lipinski definition) is 2. The molecule has 0 amide bonds. The van der Waals surface area contributed by atoms with Crippen molar-refractivity contribution in [2.45, 2.75) is 25.5 Å². The van der Waals surface area contributed by atoms with Crippen LogP contribution in [0.3, 0.4) is 0 Å². The summed E-state index contributed by atoms with van der Waals surface area (Å²) < 4.78 is 11.6. The van der Waals surface area contributed by atoms with Gasteiger partial charge in [-0.25, -0.2) is 15.0 Å². The first-order valence-corrected chi connectivity index (χ1v) is 12.8. The Morgan fingerprint density at radius 1 is 1.03 bits per heavy atom. The van der Waals surface area contributed by atoms with Crippen LogP contribution < -0.4 is 10.1 Å². The van der Waals surface area contributed by atoms with Crippen molar-refractivity contribution in [2.24, 2.45) is 0 Å². The molecule has 2 aromatic carbocycles. The maximum Gasteiger partial charge on any atom is 0.161 e. The molecule has 9 heteroatoms. The average molecular weight is 496 g/mol. The van der Waals surface area contributed by atoms with Gasteiger partial charge in [0.1, 0.15) is 41.3 Å². The Bertz CT molecular complexity index is 1410. The molecule has 9 nitrogen and oxygen atoms in total. The Kier molecular flexibility index (Phi) is 6.78. The van der Waals surface area contributed by atoms with Crippen LogP contribution in [0.2, 0.25) is 0 Å². The van der Waals surface area contributed by atoms with E-state index in [0.717, 1.165) is 75.7 Å². The molecular formula is C28H29N7O2.